The number of ether oxygens (including phenoxy) is 1. The first-order valence-electron chi connectivity index (χ1n) is 13.9. The van der Waals surface area contributed by atoms with E-state index in [1.54, 1.807) is 4.90 Å². The van der Waals surface area contributed by atoms with Gasteiger partial charge in [0, 0.05) is 12.1 Å². The number of likely N-dealkylation sites (tertiary alicyclic amines) is 1. The normalized spacial score (nSPS) is 24.3. The molecule has 0 aromatic heterocycles. The summed E-state index contributed by atoms with van der Waals surface area (Å²) >= 11 is 0. The Kier molecular flexibility index (Phi) is 9.69. The summed E-state index contributed by atoms with van der Waals surface area (Å²) in [6.45, 7) is 1.24. The second-order valence-corrected chi connectivity index (χ2v) is 10.9. The SMILES string of the molecule is COC(=O)C[C@@H]1C[C@@H](C(N)C(=O)c2ccc([C@H]3CC[C@H](CN)CC3)cc2)N(CCCc2ccccc2)C1=O. The highest BCUT2D eigenvalue weighted by molar-refractivity contribution is 6.01. The molecular weight excluding hydrogens is 478 g/mol. The molecule has 2 aromatic carbocycles. The Bertz CT molecular complexity index is 1080. The molecule has 1 unspecified atom stereocenters. The highest BCUT2D eigenvalue weighted by atomic mass is 16.5. The van der Waals surface area contributed by atoms with Gasteiger partial charge in [0.25, 0.3) is 0 Å². The van der Waals surface area contributed by atoms with Gasteiger partial charge in [-0.05, 0) is 74.5 Å². The number of methoxy groups -OCH3 is 1. The molecule has 1 saturated heterocycles. The number of hydrogen-bond donors (Lipinski definition) is 2. The second kappa shape index (κ2) is 13.2. The van der Waals surface area contributed by atoms with Gasteiger partial charge in [0.05, 0.1) is 31.5 Å². The zero-order valence-electron chi connectivity index (χ0n) is 22.4. The predicted octanol–water partition coefficient (Wildman–Crippen LogP) is 3.84. The molecule has 1 aliphatic carbocycles. The third-order valence-electron chi connectivity index (χ3n) is 8.47. The molecule has 2 aromatic rings. The monoisotopic (exact) mass is 519 g/mol. The van der Waals surface area contributed by atoms with E-state index in [4.69, 9.17) is 16.2 Å². The van der Waals surface area contributed by atoms with E-state index in [0.717, 1.165) is 45.1 Å². The number of hydrogen-bond acceptors (Lipinski definition) is 6. The Morgan fingerprint density at radius 1 is 1.03 bits per heavy atom. The number of carbonyl (C=O) groups is 3. The molecular formula is C31H41N3O4. The average molecular weight is 520 g/mol. The molecule has 1 heterocycles. The minimum absolute atomic E-state index is 0.00300. The Balaban J connectivity index is 1.43. The highest BCUT2D eigenvalue weighted by Crippen LogP contribution is 2.36. The molecule has 0 bridgehead atoms. The van der Waals surface area contributed by atoms with Gasteiger partial charge >= 0.3 is 5.97 Å². The number of amides is 1. The number of Topliss-reactive ketones (excluding diaryl/α,β-unsaturated/α-hetero) is 1. The molecule has 3 atom stereocenters. The zero-order valence-corrected chi connectivity index (χ0v) is 22.4. The zero-order chi connectivity index (χ0) is 27.1. The highest BCUT2D eigenvalue weighted by Gasteiger charge is 2.44. The number of nitrogens with two attached hydrogens (primary N) is 2. The number of esters is 1. The third-order valence-corrected chi connectivity index (χ3v) is 8.47. The van der Waals surface area contributed by atoms with Crippen LogP contribution < -0.4 is 11.5 Å². The van der Waals surface area contributed by atoms with Crippen molar-refractivity contribution >= 4 is 17.7 Å². The van der Waals surface area contributed by atoms with Crippen LogP contribution in [-0.4, -0.2) is 54.8 Å². The van der Waals surface area contributed by atoms with Crippen molar-refractivity contribution in [3.8, 4) is 0 Å². The molecule has 2 fully saturated rings. The predicted molar refractivity (Wildman–Crippen MR) is 148 cm³/mol. The average Bonchev–Trinajstić information content (AvgIpc) is 3.27. The number of ketones is 1. The molecule has 7 nitrogen and oxygen atoms in total. The number of aryl methyl sites for hydroxylation is 1. The van der Waals surface area contributed by atoms with Crippen molar-refractivity contribution in [3.63, 3.8) is 0 Å². The molecule has 1 amide bonds. The maximum atomic E-state index is 13.5. The summed E-state index contributed by atoms with van der Waals surface area (Å²) in [5, 5.41) is 0. The second-order valence-electron chi connectivity index (χ2n) is 10.9. The van der Waals surface area contributed by atoms with Crippen molar-refractivity contribution in [2.45, 2.75) is 69.4 Å². The lowest BCUT2D eigenvalue weighted by Gasteiger charge is -2.29. The minimum Gasteiger partial charge on any atom is -0.469 e. The van der Waals surface area contributed by atoms with E-state index in [9.17, 15) is 14.4 Å². The summed E-state index contributed by atoms with van der Waals surface area (Å²) in [6.07, 6.45) is 6.48. The van der Waals surface area contributed by atoms with Crippen molar-refractivity contribution in [1.29, 1.82) is 0 Å². The molecule has 4 N–H and O–H groups in total. The van der Waals surface area contributed by atoms with Crippen LogP contribution in [0.2, 0.25) is 0 Å². The molecule has 0 radical (unpaired) electrons. The van der Waals surface area contributed by atoms with Crippen LogP contribution in [0.15, 0.2) is 54.6 Å². The molecule has 38 heavy (non-hydrogen) atoms. The van der Waals surface area contributed by atoms with E-state index in [2.05, 4.69) is 12.1 Å². The Labute approximate surface area is 225 Å². The van der Waals surface area contributed by atoms with Crippen LogP contribution in [0.4, 0.5) is 0 Å². The van der Waals surface area contributed by atoms with Gasteiger partial charge in [-0.2, -0.15) is 0 Å². The lowest BCUT2D eigenvalue weighted by Crippen LogP contribution is -2.50. The Hall–Kier alpha value is -3.03. The summed E-state index contributed by atoms with van der Waals surface area (Å²) in [6, 6.07) is 16.6. The van der Waals surface area contributed by atoms with Gasteiger partial charge in [-0.15, -0.1) is 0 Å². The first-order chi connectivity index (χ1) is 18.4. The first kappa shape index (κ1) is 28.0. The van der Waals surface area contributed by atoms with Crippen molar-refractivity contribution < 1.29 is 19.1 Å². The van der Waals surface area contributed by atoms with Gasteiger partial charge in [-0.3, -0.25) is 14.4 Å². The van der Waals surface area contributed by atoms with Crippen molar-refractivity contribution in [1.82, 2.24) is 4.90 Å². The van der Waals surface area contributed by atoms with Crippen LogP contribution in [0.1, 0.15) is 72.3 Å². The van der Waals surface area contributed by atoms with E-state index in [-0.39, 0.29) is 18.1 Å². The van der Waals surface area contributed by atoms with E-state index >= 15 is 0 Å². The fourth-order valence-corrected chi connectivity index (χ4v) is 6.11. The number of benzene rings is 2. The number of carbonyl (C=O) groups excluding carboxylic acids is 3. The van der Waals surface area contributed by atoms with Crippen LogP contribution in [-0.2, 0) is 20.7 Å². The van der Waals surface area contributed by atoms with Gasteiger partial charge in [0.15, 0.2) is 5.78 Å². The fraction of sp³-hybridized carbons (Fsp3) is 0.516. The van der Waals surface area contributed by atoms with Gasteiger partial charge in [-0.25, -0.2) is 0 Å². The summed E-state index contributed by atoms with van der Waals surface area (Å²) in [5.74, 6) is -0.119. The lowest BCUT2D eigenvalue weighted by atomic mass is 9.78. The smallest absolute Gasteiger partial charge is 0.306 e. The van der Waals surface area contributed by atoms with E-state index in [0.29, 0.717) is 30.4 Å². The van der Waals surface area contributed by atoms with Gasteiger partial charge < -0.3 is 21.1 Å². The molecule has 1 aliphatic heterocycles. The summed E-state index contributed by atoms with van der Waals surface area (Å²) in [7, 11) is 1.32. The summed E-state index contributed by atoms with van der Waals surface area (Å²) < 4.78 is 4.81. The van der Waals surface area contributed by atoms with E-state index in [1.807, 2.05) is 42.5 Å². The van der Waals surface area contributed by atoms with Gasteiger partial charge in [-0.1, -0.05) is 54.6 Å². The van der Waals surface area contributed by atoms with Crippen LogP contribution in [0.5, 0.6) is 0 Å². The van der Waals surface area contributed by atoms with Crippen molar-refractivity contribution in [2.75, 3.05) is 20.2 Å². The molecule has 0 spiro atoms. The largest absolute Gasteiger partial charge is 0.469 e. The Morgan fingerprint density at radius 3 is 2.34 bits per heavy atom. The van der Waals surface area contributed by atoms with E-state index in [1.165, 1.54) is 18.2 Å². The maximum absolute atomic E-state index is 13.5. The van der Waals surface area contributed by atoms with Gasteiger partial charge in [0.2, 0.25) is 5.91 Å². The third kappa shape index (κ3) is 6.69. The molecule has 2 aliphatic rings. The van der Waals surface area contributed by atoms with Gasteiger partial charge in [0.1, 0.15) is 0 Å². The molecule has 1 saturated carbocycles. The molecule has 7 heteroatoms. The summed E-state index contributed by atoms with van der Waals surface area (Å²) in [5.41, 5.74) is 15.4. The molecule has 4 rings (SSSR count). The quantitative estimate of drug-likeness (QED) is 0.344. The number of rotatable bonds is 11. The van der Waals surface area contributed by atoms with Crippen LogP contribution >= 0.6 is 0 Å². The van der Waals surface area contributed by atoms with Crippen LogP contribution in [0, 0.1) is 11.8 Å². The van der Waals surface area contributed by atoms with Crippen molar-refractivity contribution in [2.24, 2.45) is 23.3 Å². The topological polar surface area (TPSA) is 116 Å². The van der Waals surface area contributed by atoms with Crippen LogP contribution in [0.3, 0.4) is 0 Å². The first-order valence-corrected chi connectivity index (χ1v) is 13.9. The lowest BCUT2D eigenvalue weighted by molar-refractivity contribution is -0.144. The van der Waals surface area contributed by atoms with Crippen LogP contribution in [0.25, 0.3) is 0 Å². The summed E-state index contributed by atoms with van der Waals surface area (Å²) in [4.78, 5) is 40.4. The maximum Gasteiger partial charge on any atom is 0.306 e. The minimum atomic E-state index is -0.857. The molecule has 204 valence electrons. The standard InChI is InChI=1S/C31H41N3O4/c1-38-28(35)19-26-18-27(34(31(26)37)17-5-8-21-6-3-2-4-7-21)29(33)30(36)25-15-13-24(14-16-25)23-11-9-22(20-32)10-12-23/h2-4,6-7,13-16,22-23,26-27,29H,5,8-12,17-20,32-33H2,1H3/t22-,23-,26-,27-,29?/m0/s1. The van der Waals surface area contributed by atoms with Crippen molar-refractivity contribution in [3.05, 3.63) is 71.3 Å². The number of nitrogens with zero attached hydrogens (tertiary/aromatic N) is 1. The van der Waals surface area contributed by atoms with E-state index < -0.39 is 24.0 Å². The fourth-order valence-electron chi connectivity index (χ4n) is 6.11. The Morgan fingerprint density at radius 2 is 1.71 bits per heavy atom.